The van der Waals surface area contributed by atoms with Crippen LogP contribution in [0.1, 0.15) is 13.3 Å². The summed E-state index contributed by atoms with van der Waals surface area (Å²) in [4.78, 5) is 20.9. The largest absolute Gasteiger partial charge is 0.363 e. The molecule has 70 valence electrons. The van der Waals surface area contributed by atoms with Crippen LogP contribution >= 0.6 is 0 Å². The third-order valence-electron chi connectivity index (χ3n) is 1.32. The van der Waals surface area contributed by atoms with Crippen molar-refractivity contribution in [3.63, 3.8) is 0 Å². The van der Waals surface area contributed by atoms with E-state index in [1.54, 1.807) is 6.92 Å². The number of rotatable bonds is 1. The van der Waals surface area contributed by atoms with Crippen molar-refractivity contribution in [2.24, 2.45) is 15.9 Å². The van der Waals surface area contributed by atoms with Gasteiger partial charge < -0.3 is 5.73 Å². The van der Waals surface area contributed by atoms with Gasteiger partial charge in [-0.2, -0.15) is 10.1 Å². The van der Waals surface area contributed by atoms with Gasteiger partial charge in [0.15, 0.2) is 5.03 Å². The van der Waals surface area contributed by atoms with Gasteiger partial charge >= 0.3 is 0 Å². The van der Waals surface area contributed by atoms with Crippen LogP contribution in [0.5, 0.6) is 0 Å². The molecule has 1 heterocycles. The second kappa shape index (κ2) is 3.17. The van der Waals surface area contributed by atoms with Crippen LogP contribution in [-0.4, -0.2) is 27.6 Å². The number of hydrazone groups is 2. The molecule has 0 aromatic heterocycles. The van der Waals surface area contributed by atoms with Crippen molar-refractivity contribution in [2.45, 2.75) is 13.3 Å². The van der Waals surface area contributed by atoms with Crippen LogP contribution in [0.4, 0.5) is 0 Å². The number of carbonyl (C=O) groups is 1. The summed E-state index contributed by atoms with van der Waals surface area (Å²) >= 11 is 0. The van der Waals surface area contributed by atoms with Gasteiger partial charge in [-0.05, 0) is 6.92 Å². The lowest BCUT2D eigenvalue weighted by Gasteiger charge is -2.05. The third kappa shape index (κ3) is 1.98. The summed E-state index contributed by atoms with van der Waals surface area (Å²) in [5.74, 6) is -0.938. The molecule has 0 spiro atoms. The van der Waals surface area contributed by atoms with Gasteiger partial charge in [-0.25, -0.2) is 10.1 Å². The van der Waals surface area contributed by atoms with Gasteiger partial charge in [0.25, 0.3) is 11.9 Å². The Morgan fingerprint density at radius 2 is 2.46 bits per heavy atom. The average Bonchev–Trinajstić information content (AvgIpc) is 2.28. The van der Waals surface area contributed by atoms with Crippen molar-refractivity contribution in [1.82, 2.24) is 5.01 Å². The molecule has 0 saturated carbocycles. The van der Waals surface area contributed by atoms with Crippen molar-refractivity contribution in [3.8, 4) is 0 Å². The molecule has 0 aromatic carbocycles. The van der Waals surface area contributed by atoms with Gasteiger partial charge in [-0.15, -0.1) is 0 Å². The zero-order valence-electron chi connectivity index (χ0n) is 6.80. The molecule has 0 radical (unpaired) electrons. The van der Waals surface area contributed by atoms with Crippen molar-refractivity contribution in [1.29, 1.82) is 0 Å². The highest BCUT2D eigenvalue weighted by Gasteiger charge is 2.25. The lowest BCUT2D eigenvalue weighted by atomic mass is 10.3. The molecular weight excluding hydrogens is 178 g/mol. The summed E-state index contributed by atoms with van der Waals surface area (Å²) in [7, 11) is 0. The van der Waals surface area contributed by atoms with Crippen molar-refractivity contribution in [2.75, 3.05) is 0 Å². The van der Waals surface area contributed by atoms with Gasteiger partial charge in [-0.1, -0.05) is 0 Å². The first-order valence-electron chi connectivity index (χ1n) is 3.36. The second-order valence-electron chi connectivity index (χ2n) is 2.41. The van der Waals surface area contributed by atoms with Crippen LogP contribution in [0.3, 0.4) is 0 Å². The third-order valence-corrected chi connectivity index (χ3v) is 1.32. The van der Waals surface area contributed by atoms with E-state index in [2.05, 4.69) is 10.2 Å². The van der Waals surface area contributed by atoms with Crippen LogP contribution in [0.2, 0.25) is 0 Å². The molecule has 0 bridgehead atoms. The van der Waals surface area contributed by atoms with Gasteiger partial charge in [0.05, 0.1) is 6.42 Å². The Morgan fingerprint density at radius 3 is 2.85 bits per heavy atom. The van der Waals surface area contributed by atoms with Gasteiger partial charge in [0, 0.05) is 5.71 Å². The quantitative estimate of drug-likeness (QED) is 0.246. The first kappa shape index (κ1) is 9.10. The van der Waals surface area contributed by atoms with E-state index in [-0.39, 0.29) is 6.42 Å². The van der Waals surface area contributed by atoms with E-state index < -0.39 is 16.9 Å². The van der Waals surface area contributed by atoms with Gasteiger partial charge in [0.2, 0.25) is 0 Å². The Hall–Kier alpha value is -1.99. The Morgan fingerprint density at radius 1 is 1.85 bits per heavy atom. The van der Waals surface area contributed by atoms with Crippen LogP contribution in [-0.2, 0) is 4.79 Å². The molecule has 8 heteroatoms. The fraction of sp³-hybridized carbons (Fsp3) is 0.400. The minimum Gasteiger partial charge on any atom is -0.363 e. The fourth-order valence-corrected chi connectivity index (χ4v) is 0.861. The molecule has 1 rings (SSSR count). The molecule has 1 aliphatic heterocycles. The topological polar surface area (TPSA) is 114 Å². The molecule has 8 nitrogen and oxygen atoms in total. The summed E-state index contributed by atoms with van der Waals surface area (Å²) in [6.07, 6.45) is 0.119. The van der Waals surface area contributed by atoms with Crippen LogP contribution in [0, 0.1) is 10.1 Å². The molecular formula is C5H7N5O3. The highest BCUT2D eigenvalue weighted by molar-refractivity contribution is 6.10. The highest BCUT2D eigenvalue weighted by Crippen LogP contribution is 2.06. The number of guanidine groups is 1. The van der Waals surface area contributed by atoms with Crippen molar-refractivity contribution < 1.29 is 9.83 Å². The molecule has 0 aliphatic carbocycles. The van der Waals surface area contributed by atoms with E-state index in [1.165, 1.54) is 0 Å². The summed E-state index contributed by atoms with van der Waals surface area (Å²) < 4.78 is 0. The van der Waals surface area contributed by atoms with Crippen molar-refractivity contribution >= 4 is 17.6 Å². The molecule has 0 unspecified atom stereocenters. The zero-order valence-corrected chi connectivity index (χ0v) is 6.80. The summed E-state index contributed by atoms with van der Waals surface area (Å²) in [6.45, 7) is 1.62. The van der Waals surface area contributed by atoms with E-state index in [9.17, 15) is 14.9 Å². The number of hydrogen-bond acceptors (Lipinski definition) is 4. The number of nitro groups is 1. The van der Waals surface area contributed by atoms with E-state index in [4.69, 9.17) is 5.73 Å². The monoisotopic (exact) mass is 185 g/mol. The van der Waals surface area contributed by atoms with Crippen LogP contribution in [0.25, 0.3) is 0 Å². The average molecular weight is 185 g/mol. The summed E-state index contributed by atoms with van der Waals surface area (Å²) in [5.41, 5.74) is 5.69. The maximum atomic E-state index is 11.0. The maximum Gasteiger partial charge on any atom is 0.296 e. The number of nitrogens with zero attached hydrogens (tertiary/aromatic N) is 4. The van der Waals surface area contributed by atoms with Crippen LogP contribution in [0.15, 0.2) is 10.2 Å². The lowest BCUT2D eigenvalue weighted by Crippen LogP contribution is -2.35. The van der Waals surface area contributed by atoms with Gasteiger partial charge in [-0.3, -0.25) is 4.79 Å². The highest BCUT2D eigenvalue weighted by atomic mass is 16.7. The molecule has 0 saturated heterocycles. The molecule has 2 N–H and O–H groups in total. The molecule has 1 amide bonds. The minimum atomic E-state index is -0.980. The van der Waals surface area contributed by atoms with E-state index in [1.807, 2.05) is 0 Å². The first-order valence-corrected chi connectivity index (χ1v) is 3.36. The van der Waals surface area contributed by atoms with E-state index in [0.29, 0.717) is 5.71 Å². The lowest BCUT2D eigenvalue weighted by molar-refractivity contribution is -0.485. The minimum absolute atomic E-state index is 0.119. The second-order valence-corrected chi connectivity index (χ2v) is 2.41. The van der Waals surface area contributed by atoms with E-state index >= 15 is 0 Å². The smallest absolute Gasteiger partial charge is 0.296 e. The number of amides is 1. The zero-order chi connectivity index (χ0) is 10.0. The molecule has 13 heavy (non-hydrogen) atoms. The first-order chi connectivity index (χ1) is 6.00. The standard InChI is InChI=1S/C5H7N5O3/c1-3-2-4(11)9(7-3)5(6)8-10(12)13/h2H2,1H3,(H2,6,8). The van der Waals surface area contributed by atoms with Crippen LogP contribution < -0.4 is 5.73 Å². The Kier molecular flexibility index (Phi) is 2.22. The Labute approximate surface area is 72.8 Å². The van der Waals surface area contributed by atoms with Crippen molar-refractivity contribution in [3.05, 3.63) is 10.1 Å². The number of carbonyl (C=O) groups excluding carboxylic acids is 1. The normalized spacial score (nSPS) is 17.6. The summed E-state index contributed by atoms with van der Waals surface area (Å²) in [6, 6.07) is 0. The number of hydrogen-bond donors (Lipinski definition) is 1. The number of nitrogens with two attached hydrogens (primary N) is 1. The maximum absolute atomic E-state index is 11.0. The molecule has 0 atom stereocenters. The Bertz CT molecular complexity index is 320. The summed E-state index contributed by atoms with van der Waals surface area (Å²) in [5, 5.41) is 16.1. The van der Waals surface area contributed by atoms with E-state index in [0.717, 1.165) is 5.01 Å². The molecule has 0 fully saturated rings. The molecule has 1 aliphatic rings. The molecule has 0 aromatic rings. The SMILES string of the molecule is CC1=NN(/C(N)=N/[N+](=O)[O-])C(=O)C1. The predicted octanol–water partition coefficient (Wildman–Crippen LogP) is -0.899. The predicted molar refractivity (Wildman–Crippen MR) is 43.2 cm³/mol. The van der Waals surface area contributed by atoms with Gasteiger partial charge in [0.1, 0.15) is 5.10 Å². The Balaban J connectivity index is 2.84. The fourth-order valence-electron chi connectivity index (χ4n) is 0.861.